The summed E-state index contributed by atoms with van der Waals surface area (Å²) < 4.78 is 0. The monoisotopic (exact) mass is 235 g/mol. The molecule has 0 radical (unpaired) electrons. The van der Waals surface area contributed by atoms with E-state index in [4.69, 9.17) is 5.84 Å². The fourth-order valence-electron chi connectivity index (χ4n) is 1.73. The summed E-state index contributed by atoms with van der Waals surface area (Å²) in [7, 11) is 0. The molecule has 0 aliphatic heterocycles. The number of benzene rings is 1. The maximum atomic E-state index is 12.0. The van der Waals surface area contributed by atoms with E-state index in [0.29, 0.717) is 5.56 Å². The highest BCUT2D eigenvalue weighted by molar-refractivity contribution is 5.95. The maximum absolute atomic E-state index is 12.0. The molecule has 1 aromatic carbocycles. The zero-order chi connectivity index (χ0) is 12.8. The van der Waals surface area contributed by atoms with Crippen LogP contribution < -0.4 is 16.6 Å². The number of aryl methyl sites for hydroxylation is 1. The normalized spacial score (nSPS) is 10.4. The molecule has 1 amide bonds. The number of nitrogens with one attached hydrogen (secondary N) is 2. The van der Waals surface area contributed by atoms with Gasteiger partial charge >= 0.3 is 0 Å². The summed E-state index contributed by atoms with van der Waals surface area (Å²) in [6, 6.07) is 5.68. The number of amides is 1. The van der Waals surface area contributed by atoms with Crippen LogP contribution >= 0.6 is 0 Å². The van der Waals surface area contributed by atoms with Gasteiger partial charge in [0.15, 0.2) is 0 Å². The summed E-state index contributed by atoms with van der Waals surface area (Å²) in [6.45, 7) is 6.06. The van der Waals surface area contributed by atoms with E-state index >= 15 is 0 Å². The minimum atomic E-state index is -0.0228. The van der Waals surface area contributed by atoms with E-state index in [1.807, 2.05) is 19.1 Å². The Morgan fingerprint density at radius 1 is 1.35 bits per heavy atom. The molecule has 0 atom stereocenters. The van der Waals surface area contributed by atoms with E-state index in [1.165, 1.54) is 0 Å². The predicted molar refractivity (Wildman–Crippen MR) is 70.8 cm³/mol. The van der Waals surface area contributed by atoms with Crippen molar-refractivity contribution in [3.8, 4) is 0 Å². The largest absolute Gasteiger partial charge is 0.349 e. The molecular formula is C13H21N3O. The lowest BCUT2D eigenvalue weighted by Gasteiger charge is -2.15. The van der Waals surface area contributed by atoms with Gasteiger partial charge in [-0.15, -0.1) is 0 Å². The predicted octanol–water partition coefficient (Wildman–Crippen LogP) is 2.20. The molecule has 0 fully saturated rings. The highest BCUT2D eigenvalue weighted by Gasteiger charge is 2.11. The van der Waals surface area contributed by atoms with Gasteiger partial charge in [-0.3, -0.25) is 10.6 Å². The molecule has 0 aliphatic carbocycles. The lowest BCUT2D eigenvalue weighted by Crippen LogP contribution is -2.33. The molecule has 4 nitrogen and oxygen atoms in total. The summed E-state index contributed by atoms with van der Waals surface area (Å²) in [5.41, 5.74) is 5.07. The number of carbonyl (C=O) groups is 1. The van der Waals surface area contributed by atoms with E-state index in [-0.39, 0.29) is 11.9 Å². The van der Waals surface area contributed by atoms with Gasteiger partial charge in [0.05, 0.1) is 5.69 Å². The number of anilines is 1. The molecule has 0 unspecified atom stereocenters. The SMILES string of the molecule is CCC(CC)NC(=O)c1ccc(NN)c(C)c1. The van der Waals surface area contributed by atoms with Crippen LogP contribution in [-0.4, -0.2) is 11.9 Å². The van der Waals surface area contributed by atoms with Crippen LogP contribution in [-0.2, 0) is 0 Å². The summed E-state index contributed by atoms with van der Waals surface area (Å²) >= 11 is 0. The Bertz CT molecular complexity index is 386. The second-order valence-corrected chi connectivity index (χ2v) is 4.16. The van der Waals surface area contributed by atoms with Gasteiger partial charge in [-0.1, -0.05) is 13.8 Å². The molecule has 4 N–H and O–H groups in total. The number of nitrogen functional groups attached to an aromatic ring is 1. The van der Waals surface area contributed by atoms with Crippen LogP contribution in [0.4, 0.5) is 5.69 Å². The molecule has 4 heteroatoms. The van der Waals surface area contributed by atoms with Crippen LogP contribution in [0.5, 0.6) is 0 Å². The van der Waals surface area contributed by atoms with Crippen LogP contribution in [0.1, 0.15) is 42.6 Å². The average molecular weight is 235 g/mol. The Morgan fingerprint density at radius 3 is 2.47 bits per heavy atom. The number of nitrogens with two attached hydrogens (primary N) is 1. The second kappa shape index (κ2) is 6.25. The third-order valence-corrected chi connectivity index (χ3v) is 2.96. The van der Waals surface area contributed by atoms with E-state index in [1.54, 1.807) is 6.07 Å². The molecule has 17 heavy (non-hydrogen) atoms. The Balaban J connectivity index is 2.79. The number of hydrogen-bond acceptors (Lipinski definition) is 3. The molecule has 0 saturated carbocycles. The van der Waals surface area contributed by atoms with E-state index in [0.717, 1.165) is 24.1 Å². The van der Waals surface area contributed by atoms with Crippen LogP contribution in [0.25, 0.3) is 0 Å². The Morgan fingerprint density at radius 2 is 2.00 bits per heavy atom. The van der Waals surface area contributed by atoms with Crippen LogP contribution in [0.3, 0.4) is 0 Å². The van der Waals surface area contributed by atoms with Crippen molar-refractivity contribution in [2.24, 2.45) is 5.84 Å². The van der Waals surface area contributed by atoms with E-state index in [2.05, 4.69) is 24.6 Å². The number of carbonyl (C=O) groups excluding carboxylic acids is 1. The van der Waals surface area contributed by atoms with E-state index < -0.39 is 0 Å². The first-order valence-electron chi connectivity index (χ1n) is 6.00. The first-order valence-corrected chi connectivity index (χ1v) is 6.00. The van der Waals surface area contributed by atoms with Gasteiger partial charge in [0, 0.05) is 11.6 Å². The van der Waals surface area contributed by atoms with Crippen molar-refractivity contribution in [2.75, 3.05) is 5.43 Å². The average Bonchev–Trinajstić information content (AvgIpc) is 2.35. The molecule has 1 rings (SSSR count). The van der Waals surface area contributed by atoms with Crippen molar-refractivity contribution in [2.45, 2.75) is 39.7 Å². The fourth-order valence-corrected chi connectivity index (χ4v) is 1.73. The molecular weight excluding hydrogens is 214 g/mol. The first kappa shape index (κ1) is 13.5. The Kier molecular flexibility index (Phi) is 4.97. The number of hydrazine groups is 1. The third kappa shape index (κ3) is 3.46. The van der Waals surface area contributed by atoms with Crippen molar-refractivity contribution < 1.29 is 4.79 Å². The maximum Gasteiger partial charge on any atom is 0.251 e. The van der Waals surface area contributed by atoms with Gasteiger partial charge in [-0.2, -0.15) is 0 Å². The molecule has 0 spiro atoms. The van der Waals surface area contributed by atoms with Gasteiger partial charge < -0.3 is 10.7 Å². The van der Waals surface area contributed by atoms with Gasteiger partial charge in [0.1, 0.15) is 0 Å². The second-order valence-electron chi connectivity index (χ2n) is 4.16. The quantitative estimate of drug-likeness (QED) is 0.541. The minimum Gasteiger partial charge on any atom is -0.349 e. The van der Waals surface area contributed by atoms with Crippen molar-refractivity contribution in [3.63, 3.8) is 0 Å². The number of rotatable bonds is 5. The summed E-state index contributed by atoms with van der Waals surface area (Å²) in [5.74, 6) is 5.33. The molecule has 1 aromatic rings. The molecule has 94 valence electrons. The summed E-state index contributed by atoms with van der Waals surface area (Å²) in [4.78, 5) is 12.0. The smallest absolute Gasteiger partial charge is 0.251 e. The Labute approximate surface area is 103 Å². The van der Waals surface area contributed by atoms with Gasteiger partial charge in [0.2, 0.25) is 0 Å². The highest BCUT2D eigenvalue weighted by atomic mass is 16.1. The summed E-state index contributed by atoms with van der Waals surface area (Å²) in [5, 5.41) is 3.01. The van der Waals surface area contributed by atoms with Gasteiger partial charge in [-0.05, 0) is 43.5 Å². The van der Waals surface area contributed by atoms with Crippen LogP contribution in [0.2, 0.25) is 0 Å². The minimum absolute atomic E-state index is 0.0228. The highest BCUT2D eigenvalue weighted by Crippen LogP contribution is 2.15. The van der Waals surface area contributed by atoms with Gasteiger partial charge in [0.25, 0.3) is 5.91 Å². The topological polar surface area (TPSA) is 67.2 Å². The lowest BCUT2D eigenvalue weighted by molar-refractivity contribution is 0.0935. The third-order valence-electron chi connectivity index (χ3n) is 2.96. The van der Waals surface area contributed by atoms with Crippen molar-refractivity contribution in [1.82, 2.24) is 5.32 Å². The molecule has 0 bridgehead atoms. The molecule has 0 heterocycles. The van der Waals surface area contributed by atoms with Crippen molar-refractivity contribution in [1.29, 1.82) is 0 Å². The zero-order valence-corrected chi connectivity index (χ0v) is 10.7. The summed E-state index contributed by atoms with van der Waals surface area (Å²) in [6.07, 6.45) is 1.90. The van der Waals surface area contributed by atoms with E-state index in [9.17, 15) is 4.79 Å². The van der Waals surface area contributed by atoms with Crippen molar-refractivity contribution >= 4 is 11.6 Å². The standard InChI is InChI=1S/C13H21N3O/c1-4-11(5-2)15-13(17)10-6-7-12(16-14)9(3)8-10/h6-8,11,16H,4-5,14H2,1-3H3,(H,15,17). The van der Waals surface area contributed by atoms with Gasteiger partial charge in [-0.25, -0.2) is 0 Å². The van der Waals surface area contributed by atoms with Crippen LogP contribution in [0, 0.1) is 6.92 Å². The first-order chi connectivity index (χ1) is 8.12. The lowest BCUT2D eigenvalue weighted by atomic mass is 10.1. The zero-order valence-electron chi connectivity index (χ0n) is 10.7. The molecule has 0 aliphatic rings. The fraction of sp³-hybridized carbons (Fsp3) is 0.462. The number of hydrogen-bond donors (Lipinski definition) is 3. The molecule has 0 aromatic heterocycles. The van der Waals surface area contributed by atoms with Crippen molar-refractivity contribution in [3.05, 3.63) is 29.3 Å². The van der Waals surface area contributed by atoms with Crippen LogP contribution in [0.15, 0.2) is 18.2 Å². The molecule has 0 saturated heterocycles. The Hall–Kier alpha value is -1.55.